The zero-order chi connectivity index (χ0) is 14.6. The van der Waals surface area contributed by atoms with Crippen LogP contribution in [0.3, 0.4) is 0 Å². The molecule has 1 aromatic carbocycles. The molecular formula is C11H16IN3O3S. The fraction of sp³-hybridized carbons (Fsp3) is 0.364. The highest BCUT2D eigenvalue weighted by atomic mass is 127. The first-order chi connectivity index (χ1) is 8.73. The van der Waals surface area contributed by atoms with E-state index in [1.807, 2.05) is 12.1 Å². The number of nitrogens with one attached hydrogen (secondary N) is 1. The van der Waals surface area contributed by atoms with Crippen molar-refractivity contribution >= 4 is 44.4 Å². The summed E-state index contributed by atoms with van der Waals surface area (Å²) in [5.74, 6) is -0.380. The molecule has 106 valence electrons. The van der Waals surface area contributed by atoms with Crippen molar-refractivity contribution in [1.82, 2.24) is 8.61 Å². The Morgan fingerprint density at radius 1 is 1.21 bits per heavy atom. The van der Waals surface area contributed by atoms with Crippen LogP contribution in [0.1, 0.15) is 0 Å². The van der Waals surface area contributed by atoms with Crippen LogP contribution < -0.4 is 5.32 Å². The second-order valence-corrected chi connectivity index (χ2v) is 7.60. The predicted octanol–water partition coefficient (Wildman–Crippen LogP) is 0.968. The first-order valence-corrected chi connectivity index (χ1v) is 7.90. The molecule has 0 aromatic heterocycles. The van der Waals surface area contributed by atoms with Crippen LogP contribution in [0.25, 0.3) is 0 Å². The van der Waals surface area contributed by atoms with Crippen LogP contribution >= 0.6 is 22.6 Å². The van der Waals surface area contributed by atoms with Crippen LogP contribution in [0.4, 0.5) is 5.69 Å². The van der Waals surface area contributed by atoms with Gasteiger partial charge in [-0.3, -0.25) is 4.79 Å². The van der Waals surface area contributed by atoms with Gasteiger partial charge in [0.05, 0.1) is 6.54 Å². The van der Waals surface area contributed by atoms with Gasteiger partial charge in [-0.05, 0) is 46.9 Å². The Bertz CT molecular complexity index is 543. The minimum absolute atomic E-state index is 0.230. The van der Waals surface area contributed by atoms with Gasteiger partial charge in [0.1, 0.15) is 0 Å². The van der Waals surface area contributed by atoms with Crippen molar-refractivity contribution in [2.75, 3.05) is 33.0 Å². The Morgan fingerprint density at radius 2 is 1.74 bits per heavy atom. The summed E-state index contributed by atoms with van der Waals surface area (Å²) in [7, 11) is 0.637. The van der Waals surface area contributed by atoms with Crippen molar-refractivity contribution in [2.24, 2.45) is 0 Å². The Kier molecular flexibility index (Phi) is 5.71. The van der Waals surface area contributed by atoms with Crippen molar-refractivity contribution in [3.8, 4) is 0 Å². The summed E-state index contributed by atoms with van der Waals surface area (Å²) < 4.78 is 26.6. The maximum Gasteiger partial charge on any atom is 0.281 e. The number of halogens is 1. The molecule has 0 bridgehead atoms. The quantitative estimate of drug-likeness (QED) is 0.753. The highest BCUT2D eigenvalue weighted by Crippen LogP contribution is 2.11. The van der Waals surface area contributed by atoms with E-state index in [9.17, 15) is 13.2 Å². The van der Waals surface area contributed by atoms with Gasteiger partial charge in [-0.15, -0.1) is 0 Å². The predicted molar refractivity (Wildman–Crippen MR) is 83.0 cm³/mol. The van der Waals surface area contributed by atoms with E-state index in [4.69, 9.17) is 0 Å². The number of nitrogens with zero attached hydrogens (tertiary/aromatic N) is 2. The smallest absolute Gasteiger partial charge is 0.281 e. The fourth-order valence-electron chi connectivity index (χ4n) is 1.30. The third-order valence-corrected chi connectivity index (χ3v) is 4.91. The molecule has 1 aromatic rings. The molecule has 8 heteroatoms. The summed E-state index contributed by atoms with van der Waals surface area (Å²) >= 11 is 2.16. The van der Waals surface area contributed by atoms with E-state index in [-0.39, 0.29) is 12.5 Å². The highest BCUT2D eigenvalue weighted by Gasteiger charge is 2.22. The summed E-state index contributed by atoms with van der Waals surface area (Å²) in [5.41, 5.74) is 0.640. The molecule has 0 fully saturated rings. The number of amides is 1. The summed E-state index contributed by atoms with van der Waals surface area (Å²) in [4.78, 5) is 11.7. The average Bonchev–Trinajstić information content (AvgIpc) is 2.31. The standard InChI is InChI=1S/C11H16IN3O3S/c1-14(2)19(17,18)15(3)8-11(16)13-10-6-4-9(12)5-7-10/h4-7H,8H2,1-3H3,(H,13,16). The topological polar surface area (TPSA) is 69.7 Å². The second-order valence-electron chi connectivity index (χ2n) is 4.10. The van der Waals surface area contributed by atoms with Gasteiger partial charge in [0.15, 0.2) is 0 Å². The number of hydrogen-bond acceptors (Lipinski definition) is 3. The van der Waals surface area contributed by atoms with Crippen LogP contribution in [0.2, 0.25) is 0 Å². The average molecular weight is 397 g/mol. The molecule has 0 heterocycles. The van der Waals surface area contributed by atoms with Gasteiger partial charge in [0.25, 0.3) is 10.2 Å². The third-order valence-electron chi connectivity index (χ3n) is 2.35. The molecule has 0 saturated heterocycles. The minimum atomic E-state index is -3.57. The Hall–Kier alpha value is -0.710. The van der Waals surface area contributed by atoms with Gasteiger partial charge in [-0.25, -0.2) is 0 Å². The summed E-state index contributed by atoms with van der Waals surface area (Å²) in [6, 6.07) is 7.24. The Labute approximate surface area is 127 Å². The maximum absolute atomic E-state index is 11.7. The number of hydrogen-bond donors (Lipinski definition) is 1. The maximum atomic E-state index is 11.7. The van der Waals surface area contributed by atoms with E-state index in [1.165, 1.54) is 21.1 Å². The lowest BCUT2D eigenvalue weighted by Crippen LogP contribution is -2.41. The van der Waals surface area contributed by atoms with E-state index in [0.29, 0.717) is 5.69 Å². The van der Waals surface area contributed by atoms with E-state index in [2.05, 4.69) is 27.9 Å². The Morgan fingerprint density at radius 3 is 2.21 bits per heavy atom. The second kappa shape index (κ2) is 6.64. The molecule has 0 unspecified atom stereocenters. The van der Waals surface area contributed by atoms with Gasteiger partial charge in [-0.2, -0.15) is 17.0 Å². The number of benzene rings is 1. The zero-order valence-corrected chi connectivity index (χ0v) is 13.9. The molecule has 0 atom stereocenters. The SMILES string of the molecule is CN(C)S(=O)(=O)N(C)CC(=O)Nc1ccc(I)cc1. The molecule has 0 spiro atoms. The molecule has 1 N–H and O–H groups in total. The Balaban J connectivity index is 2.64. The molecule has 0 aliphatic carbocycles. The number of anilines is 1. The van der Waals surface area contributed by atoms with Crippen molar-refractivity contribution in [3.63, 3.8) is 0 Å². The van der Waals surface area contributed by atoms with Crippen LogP contribution in [-0.4, -0.2) is 50.6 Å². The zero-order valence-electron chi connectivity index (χ0n) is 10.9. The first kappa shape index (κ1) is 16.3. The van der Waals surface area contributed by atoms with Crippen LogP contribution in [-0.2, 0) is 15.0 Å². The number of likely N-dealkylation sites (N-methyl/N-ethyl adjacent to an activating group) is 1. The van der Waals surface area contributed by atoms with E-state index < -0.39 is 10.2 Å². The molecule has 1 amide bonds. The normalized spacial score (nSPS) is 11.9. The first-order valence-electron chi connectivity index (χ1n) is 5.42. The van der Waals surface area contributed by atoms with Gasteiger partial charge < -0.3 is 5.32 Å². The molecule has 0 radical (unpaired) electrons. The van der Waals surface area contributed by atoms with Gasteiger partial charge in [0.2, 0.25) is 5.91 Å². The number of carbonyl (C=O) groups excluding carboxylic acids is 1. The molecule has 0 aliphatic heterocycles. The monoisotopic (exact) mass is 397 g/mol. The summed E-state index contributed by atoms with van der Waals surface area (Å²) in [6.07, 6.45) is 0. The van der Waals surface area contributed by atoms with E-state index >= 15 is 0 Å². The highest BCUT2D eigenvalue weighted by molar-refractivity contribution is 14.1. The number of rotatable bonds is 5. The fourth-order valence-corrected chi connectivity index (χ4v) is 2.49. The number of carbonyl (C=O) groups is 1. The van der Waals surface area contributed by atoms with E-state index in [1.54, 1.807) is 12.1 Å². The third kappa shape index (κ3) is 4.71. The lowest BCUT2D eigenvalue weighted by molar-refractivity contribution is -0.116. The van der Waals surface area contributed by atoms with Gasteiger partial charge in [-0.1, -0.05) is 0 Å². The molecule has 6 nitrogen and oxygen atoms in total. The molecular weight excluding hydrogens is 381 g/mol. The van der Waals surface area contributed by atoms with Crippen LogP contribution in [0.5, 0.6) is 0 Å². The molecule has 1 rings (SSSR count). The largest absolute Gasteiger partial charge is 0.325 e. The molecule has 0 saturated carbocycles. The van der Waals surface area contributed by atoms with Crippen molar-refractivity contribution in [2.45, 2.75) is 0 Å². The minimum Gasteiger partial charge on any atom is -0.325 e. The summed E-state index contributed by atoms with van der Waals surface area (Å²) in [5, 5.41) is 2.64. The lowest BCUT2D eigenvalue weighted by Gasteiger charge is -2.20. The molecule has 0 aliphatic rings. The van der Waals surface area contributed by atoms with E-state index in [0.717, 1.165) is 12.2 Å². The lowest BCUT2D eigenvalue weighted by atomic mass is 10.3. The van der Waals surface area contributed by atoms with Crippen molar-refractivity contribution in [1.29, 1.82) is 0 Å². The van der Waals surface area contributed by atoms with Crippen LogP contribution in [0.15, 0.2) is 24.3 Å². The van der Waals surface area contributed by atoms with Gasteiger partial charge in [0, 0.05) is 30.4 Å². The van der Waals surface area contributed by atoms with Crippen LogP contribution in [0, 0.1) is 3.57 Å². The van der Waals surface area contributed by atoms with Gasteiger partial charge >= 0.3 is 0 Å². The summed E-state index contributed by atoms with van der Waals surface area (Å²) in [6.45, 7) is -0.230. The van der Waals surface area contributed by atoms with Crippen molar-refractivity contribution < 1.29 is 13.2 Å². The van der Waals surface area contributed by atoms with Crippen molar-refractivity contribution in [3.05, 3.63) is 27.8 Å². The molecule has 19 heavy (non-hydrogen) atoms.